The van der Waals surface area contributed by atoms with Gasteiger partial charge in [0.25, 0.3) is 0 Å². The van der Waals surface area contributed by atoms with Gasteiger partial charge >= 0.3 is 6.03 Å². The third-order valence-corrected chi connectivity index (χ3v) is 1.37. The van der Waals surface area contributed by atoms with Gasteiger partial charge in [0.15, 0.2) is 11.1 Å². The van der Waals surface area contributed by atoms with Gasteiger partial charge in [-0.25, -0.2) is 9.00 Å². The Kier molecular flexibility index (Phi) is 6.21. The Morgan fingerprint density at radius 1 is 1.80 bits per heavy atom. The molecule has 0 aromatic rings. The Bertz CT molecular complexity index is 139. The maximum absolute atomic E-state index is 10.1. The molecule has 10 heavy (non-hydrogen) atoms. The smallest absolute Gasteiger partial charge is 0.313 e. The first kappa shape index (κ1) is 12.1. The molecule has 2 amide bonds. The highest BCUT2D eigenvalue weighted by atomic mass is 32.2. The lowest BCUT2D eigenvalue weighted by Crippen LogP contribution is -2.38. The van der Waals surface area contributed by atoms with E-state index in [9.17, 15) is 9.00 Å². The van der Waals surface area contributed by atoms with E-state index in [4.69, 9.17) is 4.55 Å². The van der Waals surface area contributed by atoms with Crippen LogP contribution >= 0.6 is 0 Å². The molecule has 0 aromatic carbocycles. The Morgan fingerprint density at radius 2 is 2.20 bits per heavy atom. The fraction of sp³-hybridized carbons (Fsp3) is 0.667. The maximum Gasteiger partial charge on any atom is 0.313 e. The van der Waals surface area contributed by atoms with Crippen LogP contribution in [0.5, 0.6) is 0 Å². The summed E-state index contributed by atoms with van der Waals surface area (Å²) >= 11 is -2.04. The van der Waals surface area contributed by atoms with Crippen LogP contribution in [-0.2, 0) is 11.1 Å². The number of hydrogen-bond donors (Lipinski definition) is 4. The number of hydrogen-bond acceptors (Lipinski definition) is 3. The van der Waals surface area contributed by atoms with Crippen molar-refractivity contribution in [3.8, 4) is 0 Å². The van der Waals surface area contributed by atoms with Crippen molar-refractivity contribution in [3.63, 3.8) is 0 Å². The number of carbonyl (C=O) groups is 1. The summed E-state index contributed by atoms with van der Waals surface area (Å²) in [6, 6.07) is -0.801. The molecule has 0 bridgehead atoms. The van der Waals surface area contributed by atoms with Crippen LogP contribution in [0.4, 0.5) is 4.79 Å². The van der Waals surface area contributed by atoms with E-state index in [0.29, 0.717) is 0 Å². The fourth-order valence-electron chi connectivity index (χ4n) is 0.251. The molecular formula is C3H11N3O3S. The Hall–Kier alpha value is -0.660. The topological polar surface area (TPSA) is 127 Å². The molecule has 7 N–H and O–H groups in total. The molecule has 0 radical (unpaired) electrons. The number of nitrogens with one attached hydrogen (secondary N) is 1. The fourth-order valence-corrected chi connectivity index (χ4v) is 0.468. The van der Waals surface area contributed by atoms with E-state index >= 15 is 0 Å². The predicted molar refractivity (Wildman–Crippen MR) is 38.0 cm³/mol. The van der Waals surface area contributed by atoms with Gasteiger partial charge in [-0.1, -0.05) is 0 Å². The molecule has 0 heterocycles. The van der Waals surface area contributed by atoms with Crippen molar-refractivity contribution < 1.29 is 13.6 Å². The van der Waals surface area contributed by atoms with Crippen LogP contribution in [0.25, 0.3) is 0 Å². The maximum atomic E-state index is 10.1. The highest BCUT2D eigenvalue weighted by Gasteiger charge is 2.07. The van der Waals surface area contributed by atoms with E-state index in [1.807, 2.05) is 5.32 Å². The van der Waals surface area contributed by atoms with E-state index in [2.05, 4.69) is 5.73 Å². The zero-order valence-electron chi connectivity index (χ0n) is 5.53. The molecule has 6 nitrogen and oxygen atoms in total. The van der Waals surface area contributed by atoms with E-state index in [1.165, 1.54) is 6.92 Å². The second kappa shape index (κ2) is 5.15. The van der Waals surface area contributed by atoms with Crippen molar-refractivity contribution in [1.29, 1.82) is 0 Å². The van der Waals surface area contributed by atoms with Crippen LogP contribution in [0.15, 0.2) is 0 Å². The van der Waals surface area contributed by atoms with Gasteiger partial charge in [0.1, 0.15) is 5.37 Å². The van der Waals surface area contributed by atoms with Gasteiger partial charge in [0.05, 0.1) is 0 Å². The first-order valence-corrected chi connectivity index (χ1v) is 3.36. The molecule has 2 unspecified atom stereocenters. The normalized spacial score (nSPS) is 14.6. The Morgan fingerprint density at radius 3 is 2.30 bits per heavy atom. The molecule has 0 spiro atoms. The highest BCUT2D eigenvalue weighted by molar-refractivity contribution is 7.79. The summed E-state index contributed by atoms with van der Waals surface area (Å²) in [4.78, 5) is 9.98. The van der Waals surface area contributed by atoms with Crippen LogP contribution in [0, 0.1) is 0 Å². The quantitative estimate of drug-likeness (QED) is 0.411. The molecule has 0 aliphatic carbocycles. The van der Waals surface area contributed by atoms with Gasteiger partial charge in [-0.2, -0.15) is 0 Å². The predicted octanol–water partition coefficient (Wildman–Crippen LogP) is -0.616. The molecule has 0 aromatic heterocycles. The molecule has 62 valence electrons. The van der Waals surface area contributed by atoms with Gasteiger partial charge in [0, 0.05) is 0 Å². The van der Waals surface area contributed by atoms with E-state index < -0.39 is 22.5 Å². The first-order chi connectivity index (χ1) is 4.04. The number of carbonyl (C=O) groups excluding carboxylic acids is 1. The molecule has 0 aliphatic heterocycles. The highest BCUT2D eigenvalue weighted by Crippen LogP contribution is 1.83. The van der Waals surface area contributed by atoms with Gasteiger partial charge < -0.3 is 21.8 Å². The monoisotopic (exact) mass is 169 g/mol. The summed E-state index contributed by atoms with van der Waals surface area (Å²) in [5.74, 6) is 0. The summed E-state index contributed by atoms with van der Waals surface area (Å²) in [7, 11) is 0. The van der Waals surface area contributed by atoms with Crippen molar-refractivity contribution in [2.75, 3.05) is 0 Å². The summed E-state index contributed by atoms with van der Waals surface area (Å²) in [5, 5.41) is 1.23. The molecule has 0 saturated heterocycles. The van der Waals surface area contributed by atoms with Crippen molar-refractivity contribution in [3.05, 3.63) is 0 Å². The minimum absolute atomic E-state index is 0. The van der Waals surface area contributed by atoms with Crippen LogP contribution in [-0.4, -0.2) is 20.2 Å². The largest absolute Gasteiger partial charge is 0.352 e. The average Bonchev–Trinajstić information content (AvgIpc) is 1.63. The second-order valence-corrected chi connectivity index (χ2v) is 2.69. The van der Waals surface area contributed by atoms with E-state index in [0.717, 1.165) is 0 Å². The van der Waals surface area contributed by atoms with Gasteiger partial charge in [0.2, 0.25) is 0 Å². The Balaban J connectivity index is 0. The van der Waals surface area contributed by atoms with E-state index in [1.54, 1.807) is 0 Å². The zero-order chi connectivity index (χ0) is 7.44. The number of nitrogens with two attached hydrogens (primary N) is 1. The Labute approximate surface area is 61.0 Å². The molecular weight excluding hydrogens is 158 g/mol. The number of primary amides is 1. The van der Waals surface area contributed by atoms with Gasteiger partial charge in [-0.3, -0.25) is 0 Å². The number of urea groups is 1. The minimum atomic E-state index is -2.04. The van der Waals surface area contributed by atoms with Crippen molar-refractivity contribution in [2.24, 2.45) is 5.73 Å². The second-order valence-electron chi connectivity index (χ2n) is 1.43. The van der Waals surface area contributed by atoms with Gasteiger partial charge in [-0.05, 0) is 6.92 Å². The van der Waals surface area contributed by atoms with Crippen molar-refractivity contribution in [2.45, 2.75) is 12.3 Å². The van der Waals surface area contributed by atoms with Crippen molar-refractivity contribution >= 4 is 17.1 Å². The summed E-state index contributed by atoms with van der Waals surface area (Å²) < 4.78 is 18.3. The lowest BCUT2D eigenvalue weighted by molar-refractivity contribution is 0.248. The van der Waals surface area contributed by atoms with Crippen molar-refractivity contribution in [1.82, 2.24) is 11.5 Å². The zero-order valence-corrected chi connectivity index (χ0v) is 6.35. The minimum Gasteiger partial charge on any atom is -0.352 e. The molecule has 2 atom stereocenters. The summed E-state index contributed by atoms with van der Waals surface area (Å²) in [6.07, 6.45) is 0. The number of amides is 2. The molecule has 0 aliphatic rings. The lowest BCUT2D eigenvalue weighted by Gasteiger charge is -2.04. The lowest BCUT2D eigenvalue weighted by atomic mass is 10.7. The molecule has 0 rings (SSSR count). The standard InChI is InChI=1S/C3H8N2O3S.H3N/c1-2(9(7)8)5-3(4)6;/h2H,1H3,(H,7,8)(H3,4,5,6);1H3. The van der Waals surface area contributed by atoms with Gasteiger partial charge in [-0.15, -0.1) is 0 Å². The van der Waals surface area contributed by atoms with Crippen LogP contribution in [0.3, 0.4) is 0 Å². The molecule has 0 fully saturated rings. The van der Waals surface area contributed by atoms with E-state index in [-0.39, 0.29) is 6.15 Å². The van der Waals surface area contributed by atoms with Crippen LogP contribution < -0.4 is 17.2 Å². The summed E-state index contributed by atoms with van der Waals surface area (Å²) in [5.41, 5.74) is 4.64. The third-order valence-electron chi connectivity index (χ3n) is 0.648. The molecule has 0 saturated carbocycles. The molecule has 7 heteroatoms. The SMILES string of the molecule is CC(NC(N)=O)S(=O)O.N. The number of rotatable bonds is 2. The average molecular weight is 169 g/mol. The van der Waals surface area contributed by atoms with Crippen LogP contribution in [0.1, 0.15) is 6.92 Å². The summed E-state index contributed by atoms with van der Waals surface area (Å²) in [6.45, 7) is 1.38. The van der Waals surface area contributed by atoms with Crippen LogP contribution in [0.2, 0.25) is 0 Å². The third kappa shape index (κ3) is 5.48. The first-order valence-electron chi connectivity index (χ1n) is 2.19.